The van der Waals surface area contributed by atoms with Crippen LogP contribution in [0.15, 0.2) is 29.2 Å². The van der Waals surface area contributed by atoms with Crippen molar-refractivity contribution in [2.75, 3.05) is 26.2 Å². The first-order chi connectivity index (χ1) is 10.1. The minimum Gasteiger partial charge on any atom is -0.507 e. The molecule has 1 aromatic carbocycles. The van der Waals surface area contributed by atoms with E-state index in [2.05, 4.69) is 4.90 Å². The maximum Gasteiger partial charge on any atom is 0.246 e. The Bertz CT molecular complexity index is 597. The smallest absolute Gasteiger partial charge is 0.246 e. The van der Waals surface area contributed by atoms with Crippen LogP contribution in [0.4, 0.5) is 0 Å². The van der Waals surface area contributed by atoms with Gasteiger partial charge in [0.2, 0.25) is 10.0 Å². The van der Waals surface area contributed by atoms with Crippen LogP contribution in [0.5, 0.6) is 5.75 Å². The Morgan fingerprint density at radius 3 is 2.48 bits per heavy atom. The first-order valence-corrected chi connectivity index (χ1v) is 9.05. The van der Waals surface area contributed by atoms with Crippen molar-refractivity contribution >= 4 is 10.0 Å². The lowest BCUT2D eigenvalue weighted by molar-refractivity contribution is 0.169. The first-order valence-electron chi connectivity index (χ1n) is 7.61. The third-order valence-corrected chi connectivity index (χ3v) is 6.43. The van der Waals surface area contributed by atoms with E-state index in [1.54, 1.807) is 12.1 Å². The zero-order chi connectivity index (χ0) is 14.9. The molecule has 2 fully saturated rings. The van der Waals surface area contributed by atoms with Gasteiger partial charge in [0.05, 0.1) is 0 Å². The summed E-state index contributed by atoms with van der Waals surface area (Å²) in [6.07, 6.45) is 4.58. The molecule has 0 amide bonds. The Kier molecular flexibility index (Phi) is 4.19. The SMILES string of the molecule is O=S(=O)(c1ccccc1O)N1CCC(N2CCCCC2)C1. The van der Waals surface area contributed by atoms with Crippen LogP contribution in [0, 0.1) is 0 Å². The molecule has 1 aromatic rings. The van der Waals surface area contributed by atoms with Crippen molar-refractivity contribution in [3.63, 3.8) is 0 Å². The first kappa shape index (κ1) is 14.8. The predicted molar refractivity (Wildman–Crippen MR) is 80.7 cm³/mol. The quantitative estimate of drug-likeness (QED) is 0.922. The Hall–Kier alpha value is -1.11. The number of sulfonamides is 1. The molecule has 21 heavy (non-hydrogen) atoms. The van der Waals surface area contributed by atoms with Crippen molar-refractivity contribution in [1.29, 1.82) is 0 Å². The Labute approximate surface area is 126 Å². The third kappa shape index (κ3) is 2.93. The second-order valence-electron chi connectivity index (χ2n) is 5.87. The molecular formula is C15H22N2O3S. The van der Waals surface area contributed by atoms with E-state index < -0.39 is 10.0 Å². The summed E-state index contributed by atoms with van der Waals surface area (Å²) in [6.45, 7) is 3.23. The number of phenols is 1. The van der Waals surface area contributed by atoms with Gasteiger partial charge in [-0.2, -0.15) is 4.31 Å². The summed E-state index contributed by atoms with van der Waals surface area (Å²) in [6, 6.07) is 6.50. The fourth-order valence-corrected chi connectivity index (χ4v) is 4.90. The molecule has 0 spiro atoms. The summed E-state index contributed by atoms with van der Waals surface area (Å²) in [4.78, 5) is 2.44. The third-order valence-electron chi connectivity index (χ3n) is 4.52. The summed E-state index contributed by atoms with van der Waals surface area (Å²) < 4.78 is 26.8. The zero-order valence-electron chi connectivity index (χ0n) is 12.1. The topological polar surface area (TPSA) is 60.9 Å². The molecule has 3 rings (SSSR count). The maximum absolute atomic E-state index is 12.6. The number of aromatic hydroxyl groups is 1. The van der Waals surface area contributed by atoms with Crippen molar-refractivity contribution in [1.82, 2.24) is 9.21 Å². The van der Waals surface area contributed by atoms with Gasteiger partial charge in [-0.25, -0.2) is 8.42 Å². The van der Waals surface area contributed by atoms with Crippen LogP contribution in [-0.2, 0) is 10.0 Å². The molecule has 0 saturated carbocycles. The second kappa shape index (κ2) is 5.94. The van der Waals surface area contributed by atoms with Gasteiger partial charge in [-0.05, 0) is 44.5 Å². The number of hydrogen-bond acceptors (Lipinski definition) is 4. The van der Waals surface area contributed by atoms with Gasteiger partial charge in [-0.1, -0.05) is 18.6 Å². The fraction of sp³-hybridized carbons (Fsp3) is 0.600. The van der Waals surface area contributed by atoms with Gasteiger partial charge in [0.15, 0.2) is 0 Å². The molecule has 2 heterocycles. The van der Waals surface area contributed by atoms with Crippen LogP contribution >= 0.6 is 0 Å². The average Bonchev–Trinajstić information content (AvgIpc) is 2.99. The highest BCUT2D eigenvalue weighted by Gasteiger charge is 2.36. The van der Waals surface area contributed by atoms with Gasteiger partial charge < -0.3 is 5.11 Å². The Balaban J connectivity index is 1.74. The number of piperidine rings is 1. The molecule has 116 valence electrons. The number of rotatable bonds is 3. The monoisotopic (exact) mass is 310 g/mol. The van der Waals surface area contributed by atoms with Crippen LogP contribution in [-0.4, -0.2) is 55.0 Å². The van der Waals surface area contributed by atoms with E-state index in [0.29, 0.717) is 19.1 Å². The molecular weight excluding hydrogens is 288 g/mol. The molecule has 2 saturated heterocycles. The van der Waals surface area contributed by atoms with Crippen LogP contribution in [0.3, 0.4) is 0 Å². The normalized spacial score (nSPS) is 25.2. The van der Waals surface area contributed by atoms with E-state index in [1.807, 2.05) is 0 Å². The number of benzene rings is 1. The lowest BCUT2D eigenvalue weighted by Gasteiger charge is -2.32. The van der Waals surface area contributed by atoms with Crippen LogP contribution in [0.2, 0.25) is 0 Å². The van der Waals surface area contributed by atoms with E-state index in [1.165, 1.54) is 35.7 Å². The highest BCUT2D eigenvalue weighted by atomic mass is 32.2. The molecule has 0 radical (unpaired) electrons. The van der Waals surface area contributed by atoms with Crippen molar-refractivity contribution < 1.29 is 13.5 Å². The van der Waals surface area contributed by atoms with Gasteiger partial charge in [-0.3, -0.25) is 4.90 Å². The molecule has 5 nitrogen and oxygen atoms in total. The predicted octanol–water partition coefficient (Wildman–Crippen LogP) is 1.64. The van der Waals surface area contributed by atoms with Gasteiger partial charge in [0.1, 0.15) is 10.6 Å². The van der Waals surface area contributed by atoms with Gasteiger partial charge in [-0.15, -0.1) is 0 Å². The van der Waals surface area contributed by atoms with Crippen LogP contribution < -0.4 is 0 Å². The highest BCUT2D eigenvalue weighted by molar-refractivity contribution is 7.89. The van der Waals surface area contributed by atoms with Crippen LogP contribution in [0.1, 0.15) is 25.7 Å². The van der Waals surface area contributed by atoms with Gasteiger partial charge >= 0.3 is 0 Å². The molecule has 6 heteroatoms. The minimum absolute atomic E-state index is 0.0179. The maximum atomic E-state index is 12.6. The standard InChI is InChI=1S/C15H22N2O3S/c18-14-6-2-3-7-15(14)21(19,20)17-11-8-13(12-17)16-9-4-1-5-10-16/h2-3,6-7,13,18H,1,4-5,8-12H2. The molecule has 1 atom stereocenters. The number of para-hydroxylation sites is 1. The number of likely N-dealkylation sites (tertiary alicyclic amines) is 1. The average molecular weight is 310 g/mol. The Morgan fingerprint density at radius 1 is 1.05 bits per heavy atom. The molecule has 0 bridgehead atoms. The molecule has 0 aliphatic carbocycles. The summed E-state index contributed by atoms with van der Waals surface area (Å²) >= 11 is 0. The number of hydrogen-bond donors (Lipinski definition) is 1. The zero-order valence-corrected chi connectivity index (χ0v) is 12.9. The lowest BCUT2D eigenvalue weighted by Crippen LogP contribution is -2.41. The lowest BCUT2D eigenvalue weighted by atomic mass is 10.1. The van der Waals surface area contributed by atoms with E-state index in [9.17, 15) is 13.5 Å². The summed E-state index contributed by atoms with van der Waals surface area (Å²) in [7, 11) is -3.58. The van der Waals surface area contributed by atoms with E-state index in [4.69, 9.17) is 0 Å². The van der Waals surface area contributed by atoms with Gasteiger partial charge in [0, 0.05) is 19.1 Å². The largest absolute Gasteiger partial charge is 0.507 e. The van der Waals surface area contributed by atoms with Crippen molar-refractivity contribution in [2.45, 2.75) is 36.6 Å². The fourth-order valence-electron chi connectivity index (χ4n) is 3.32. The highest BCUT2D eigenvalue weighted by Crippen LogP contribution is 2.29. The van der Waals surface area contributed by atoms with E-state index in [0.717, 1.165) is 19.5 Å². The minimum atomic E-state index is -3.58. The van der Waals surface area contributed by atoms with Crippen LogP contribution in [0.25, 0.3) is 0 Å². The summed E-state index contributed by atoms with van der Waals surface area (Å²) in [5.41, 5.74) is 0. The Morgan fingerprint density at radius 2 is 1.76 bits per heavy atom. The molecule has 2 aliphatic heterocycles. The number of phenolic OH excluding ortho intramolecular Hbond substituents is 1. The number of nitrogens with zero attached hydrogens (tertiary/aromatic N) is 2. The van der Waals surface area contributed by atoms with E-state index in [-0.39, 0.29) is 10.6 Å². The van der Waals surface area contributed by atoms with Crippen molar-refractivity contribution in [3.8, 4) is 5.75 Å². The molecule has 0 aromatic heterocycles. The van der Waals surface area contributed by atoms with Gasteiger partial charge in [0.25, 0.3) is 0 Å². The van der Waals surface area contributed by atoms with Crippen molar-refractivity contribution in [3.05, 3.63) is 24.3 Å². The van der Waals surface area contributed by atoms with Crippen molar-refractivity contribution in [2.24, 2.45) is 0 Å². The summed E-state index contributed by atoms with van der Waals surface area (Å²) in [5, 5.41) is 9.80. The molecule has 1 N–H and O–H groups in total. The molecule has 2 aliphatic rings. The van der Waals surface area contributed by atoms with E-state index >= 15 is 0 Å². The summed E-state index contributed by atoms with van der Waals surface area (Å²) in [5.74, 6) is -0.168. The second-order valence-corrected chi connectivity index (χ2v) is 7.78. The molecule has 1 unspecified atom stereocenters.